The van der Waals surface area contributed by atoms with Crippen molar-refractivity contribution in [1.29, 1.82) is 0 Å². The molecule has 1 aliphatic heterocycles. The van der Waals surface area contributed by atoms with E-state index in [2.05, 4.69) is 29.3 Å². The van der Waals surface area contributed by atoms with Crippen LogP contribution in [0.1, 0.15) is 38.2 Å². The fourth-order valence-corrected chi connectivity index (χ4v) is 2.95. The van der Waals surface area contributed by atoms with Crippen LogP contribution in [-0.2, 0) is 4.79 Å². The third kappa shape index (κ3) is 6.36. The van der Waals surface area contributed by atoms with Crippen LogP contribution in [0.15, 0.2) is 30.3 Å². The first kappa shape index (κ1) is 18.0. The molecular formula is C19H27ClN2O. The summed E-state index contributed by atoms with van der Waals surface area (Å²) in [5.74, 6) is 0.443. The van der Waals surface area contributed by atoms with Gasteiger partial charge in [-0.25, -0.2) is 0 Å². The number of piperidine rings is 1. The van der Waals surface area contributed by atoms with Crippen molar-refractivity contribution in [3.05, 3.63) is 40.9 Å². The molecule has 23 heavy (non-hydrogen) atoms. The fourth-order valence-electron chi connectivity index (χ4n) is 2.82. The van der Waals surface area contributed by atoms with E-state index in [1.54, 1.807) is 0 Å². The Hall–Kier alpha value is -1.32. The maximum Gasteiger partial charge on any atom is 0.223 e. The molecule has 0 aromatic heterocycles. The molecule has 0 unspecified atom stereocenters. The number of nitrogens with zero attached hydrogens (tertiary/aromatic N) is 1. The molecule has 0 radical (unpaired) electrons. The van der Waals surface area contributed by atoms with Crippen molar-refractivity contribution >= 4 is 23.6 Å². The highest BCUT2D eigenvalue weighted by atomic mass is 35.5. The van der Waals surface area contributed by atoms with Crippen LogP contribution in [0, 0.1) is 5.92 Å². The summed E-state index contributed by atoms with van der Waals surface area (Å²) in [6.45, 7) is 5.89. The zero-order valence-corrected chi connectivity index (χ0v) is 14.7. The maximum atomic E-state index is 12.1. The lowest BCUT2D eigenvalue weighted by Gasteiger charge is -2.30. The van der Waals surface area contributed by atoms with Gasteiger partial charge in [0.25, 0.3) is 0 Å². The van der Waals surface area contributed by atoms with E-state index in [9.17, 15) is 4.79 Å². The number of unbranched alkanes of at least 4 members (excludes halogenated alkanes) is 1. The van der Waals surface area contributed by atoms with E-state index >= 15 is 0 Å². The number of benzene rings is 1. The van der Waals surface area contributed by atoms with E-state index in [4.69, 9.17) is 11.6 Å². The van der Waals surface area contributed by atoms with Gasteiger partial charge in [0.15, 0.2) is 0 Å². The molecule has 1 aliphatic rings. The third-order valence-electron chi connectivity index (χ3n) is 4.33. The number of amides is 1. The molecule has 1 saturated heterocycles. The van der Waals surface area contributed by atoms with E-state index in [0.29, 0.717) is 0 Å². The van der Waals surface area contributed by atoms with Crippen molar-refractivity contribution < 1.29 is 4.79 Å². The van der Waals surface area contributed by atoms with Gasteiger partial charge in [0, 0.05) is 24.0 Å². The van der Waals surface area contributed by atoms with Crippen LogP contribution in [0.4, 0.5) is 0 Å². The van der Waals surface area contributed by atoms with Gasteiger partial charge in [-0.2, -0.15) is 0 Å². The Morgan fingerprint density at radius 1 is 1.30 bits per heavy atom. The van der Waals surface area contributed by atoms with Gasteiger partial charge in [-0.15, -0.1) is 0 Å². The van der Waals surface area contributed by atoms with Gasteiger partial charge in [0.2, 0.25) is 5.91 Å². The molecule has 126 valence electrons. The summed E-state index contributed by atoms with van der Waals surface area (Å²) in [4.78, 5) is 14.5. The molecule has 0 atom stereocenters. The Bertz CT molecular complexity index is 505. The summed E-state index contributed by atoms with van der Waals surface area (Å²) in [5, 5.41) is 3.82. The zero-order chi connectivity index (χ0) is 16.5. The first-order valence-corrected chi connectivity index (χ1v) is 8.99. The molecular weight excluding hydrogens is 308 g/mol. The lowest BCUT2D eigenvalue weighted by Crippen LogP contribution is -2.40. The minimum absolute atomic E-state index is 0.198. The first-order chi connectivity index (χ1) is 11.2. The number of rotatable bonds is 7. The van der Waals surface area contributed by atoms with Crippen LogP contribution in [0.5, 0.6) is 0 Å². The molecule has 0 aliphatic carbocycles. The van der Waals surface area contributed by atoms with Crippen LogP contribution in [0.3, 0.4) is 0 Å². The molecule has 3 nitrogen and oxygen atoms in total. The molecule has 1 N–H and O–H groups in total. The van der Waals surface area contributed by atoms with Crippen LogP contribution >= 0.6 is 11.6 Å². The van der Waals surface area contributed by atoms with E-state index < -0.39 is 0 Å². The SMILES string of the molecule is CCCCNC(=O)C1CCN(CC=Cc2ccc(Cl)cc2)CC1. The fraction of sp³-hybridized carbons (Fsp3) is 0.526. The second-order valence-corrected chi connectivity index (χ2v) is 6.61. The highest BCUT2D eigenvalue weighted by molar-refractivity contribution is 6.30. The van der Waals surface area contributed by atoms with Gasteiger partial charge in [0.1, 0.15) is 0 Å². The van der Waals surface area contributed by atoms with Crippen molar-refractivity contribution in [1.82, 2.24) is 10.2 Å². The van der Waals surface area contributed by atoms with Crippen LogP contribution in [-0.4, -0.2) is 37.0 Å². The first-order valence-electron chi connectivity index (χ1n) is 8.61. The lowest BCUT2D eigenvalue weighted by atomic mass is 9.96. The summed E-state index contributed by atoms with van der Waals surface area (Å²) in [6.07, 6.45) is 8.43. The molecule has 0 bridgehead atoms. The lowest BCUT2D eigenvalue weighted by molar-refractivity contribution is -0.126. The standard InChI is InChI=1S/C19H27ClN2O/c1-2-3-12-21-19(23)17-10-14-22(15-11-17)13-4-5-16-6-8-18(20)9-7-16/h4-9,17H,2-3,10-15H2,1H3,(H,21,23). The summed E-state index contributed by atoms with van der Waals surface area (Å²) in [6, 6.07) is 7.85. The monoisotopic (exact) mass is 334 g/mol. The van der Waals surface area contributed by atoms with E-state index in [1.807, 2.05) is 24.3 Å². The highest BCUT2D eigenvalue weighted by Crippen LogP contribution is 2.17. The molecule has 4 heteroatoms. The summed E-state index contributed by atoms with van der Waals surface area (Å²) >= 11 is 5.88. The molecule has 2 rings (SSSR count). The van der Waals surface area contributed by atoms with Gasteiger partial charge in [-0.1, -0.05) is 49.2 Å². The molecule has 0 saturated carbocycles. The predicted octanol–water partition coefficient (Wildman–Crippen LogP) is 3.98. The van der Waals surface area contributed by atoms with Crippen LogP contribution < -0.4 is 5.32 Å². The highest BCUT2D eigenvalue weighted by Gasteiger charge is 2.23. The second-order valence-electron chi connectivity index (χ2n) is 6.17. The van der Waals surface area contributed by atoms with Gasteiger partial charge in [0.05, 0.1) is 0 Å². The number of hydrogen-bond acceptors (Lipinski definition) is 2. The Labute approximate surface area is 144 Å². The second kappa shape index (κ2) is 9.74. The topological polar surface area (TPSA) is 32.3 Å². The molecule has 1 aromatic carbocycles. The molecule has 1 heterocycles. The van der Waals surface area contributed by atoms with E-state index in [1.165, 1.54) is 5.56 Å². The number of halogens is 1. The van der Waals surface area contributed by atoms with Crippen molar-refractivity contribution in [3.63, 3.8) is 0 Å². The quantitative estimate of drug-likeness (QED) is 0.765. The van der Waals surface area contributed by atoms with E-state index in [-0.39, 0.29) is 11.8 Å². The van der Waals surface area contributed by atoms with Crippen LogP contribution in [0.2, 0.25) is 5.02 Å². The zero-order valence-electron chi connectivity index (χ0n) is 13.9. The Morgan fingerprint density at radius 2 is 2.00 bits per heavy atom. The molecule has 1 fully saturated rings. The maximum absolute atomic E-state index is 12.1. The number of nitrogens with one attached hydrogen (secondary N) is 1. The van der Waals surface area contributed by atoms with Crippen LogP contribution in [0.25, 0.3) is 6.08 Å². The van der Waals surface area contributed by atoms with Crippen molar-refractivity contribution in [2.24, 2.45) is 5.92 Å². The number of carbonyl (C=O) groups excluding carboxylic acids is 1. The minimum atomic E-state index is 0.198. The summed E-state index contributed by atoms with van der Waals surface area (Å²) < 4.78 is 0. The minimum Gasteiger partial charge on any atom is -0.356 e. The number of carbonyl (C=O) groups is 1. The van der Waals surface area contributed by atoms with Crippen molar-refractivity contribution in [3.8, 4) is 0 Å². The van der Waals surface area contributed by atoms with Gasteiger partial charge in [-0.3, -0.25) is 9.69 Å². The van der Waals surface area contributed by atoms with Gasteiger partial charge < -0.3 is 5.32 Å². The number of hydrogen-bond donors (Lipinski definition) is 1. The smallest absolute Gasteiger partial charge is 0.223 e. The summed E-state index contributed by atoms with van der Waals surface area (Å²) in [7, 11) is 0. The average molecular weight is 335 g/mol. The predicted molar refractivity (Wildman–Crippen MR) is 97.6 cm³/mol. The van der Waals surface area contributed by atoms with E-state index in [0.717, 1.165) is 56.9 Å². The largest absolute Gasteiger partial charge is 0.356 e. The molecule has 1 aromatic rings. The normalized spacial score (nSPS) is 16.8. The molecule has 0 spiro atoms. The third-order valence-corrected chi connectivity index (χ3v) is 4.58. The Morgan fingerprint density at radius 3 is 2.65 bits per heavy atom. The Balaban J connectivity index is 1.68. The van der Waals surface area contributed by atoms with Crippen molar-refractivity contribution in [2.75, 3.05) is 26.2 Å². The summed E-state index contributed by atoms with van der Waals surface area (Å²) in [5.41, 5.74) is 1.17. The van der Waals surface area contributed by atoms with Gasteiger partial charge >= 0.3 is 0 Å². The average Bonchev–Trinajstić information content (AvgIpc) is 2.57. The molecule has 1 amide bonds. The van der Waals surface area contributed by atoms with Crippen molar-refractivity contribution in [2.45, 2.75) is 32.6 Å². The number of likely N-dealkylation sites (tertiary alicyclic amines) is 1. The Kier molecular flexibility index (Phi) is 7.63. The van der Waals surface area contributed by atoms with Gasteiger partial charge in [-0.05, 0) is 50.0 Å².